The minimum atomic E-state index is -1.26. The number of pyridine rings is 1. The molecule has 8 nitrogen and oxygen atoms in total. The van der Waals surface area contributed by atoms with Crippen LogP contribution in [0.2, 0.25) is 5.02 Å². The molecule has 146 valence electrons. The highest BCUT2D eigenvalue weighted by Gasteiger charge is 2.27. The van der Waals surface area contributed by atoms with Crippen molar-refractivity contribution < 1.29 is 9.53 Å². The minimum Gasteiger partial charge on any atom is -0.467 e. The number of H-pyrrole nitrogens is 2. The highest BCUT2D eigenvalue weighted by molar-refractivity contribution is 6.31. The number of rotatable bonds is 3. The van der Waals surface area contributed by atoms with Crippen molar-refractivity contribution in [2.75, 3.05) is 7.11 Å². The molecule has 0 aliphatic rings. The lowest BCUT2D eigenvalue weighted by atomic mass is 10.1. The molecule has 0 spiro atoms. The van der Waals surface area contributed by atoms with Gasteiger partial charge in [-0.3, -0.25) is 19.5 Å². The van der Waals surface area contributed by atoms with Crippen molar-refractivity contribution in [1.29, 1.82) is 0 Å². The van der Waals surface area contributed by atoms with E-state index in [1.807, 2.05) is 0 Å². The van der Waals surface area contributed by atoms with Gasteiger partial charge in [0, 0.05) is 10.4 Å². The second-order valence-electron chi connectivity index (χ2n) is 6.35. The summed E-state index contributed by atoms with van der Waals surface area (Å²) in [7, 11) is 1.17. The van der Waals surface area contributed by atoms with E-state index in [0.29, 0.717) is 16.1 Å². The number of methoxy groups -OCH3 is 1. The summed E-state index contributed by atoms with van der Waals surface area (Å²) in [6, 6.07) is 11.5. The van der Waals surface area contributed by atoms with Gasteiger partial charge in [0.05, 0.1) is 12.6 Å². The molecule has 0 saturated carbocycles. The number of aromatic amines is 2. The molecule has 2 N–H and O–H groups in total. The van der Waals surface area contributed by atoms with Crippen LogP contribution in [0.25, 0.3) is 21.8 Å². The Balaban J connectivity index is 2.11. The maximum Gasteiger partial charge on any atom is 0.335 e. The Bertz CT molecular complexity index is 1440. The lowest BCUT2D eigenvalue weighted by Crippen LogP contribution is -2.39. The Morgan fingerprint density at radius 1 is 1.10 bits per heavy atom. The zero-order valence-electron chi connectivity index (χ0n) is 15.1. The molecule has 2 heterocycles. The first-order valence-corrected chi connectivity index (χ1v) is 8.93. The van der Waals surface area contributed by atoms with Crippen LogP contribution in [0.5, 0.6) is 0 Å². The van der Waals surface area contributed by atoms with Crippen molar-refractivity contribution in [3.8, 4) is 0 Å². The average Bonchev–Trinajstić information content (AvgIpc) is 2.72. The lowest BCUT2D eigenvalue weighted by Gasteiger charge is -2.18. The predicted octanol–water partition coefficient (Wildman–Crippen LogP) is 1.95. The molecule has 0 radical (unpaired) electrons. The third-order valence-electron chi connectivity index (χ3n) is 4.64. The number of halogens is 1. The molecule has 4 aromatic rings. The van der Waals surface area contributed by atoms with Gasteiger partial charge in [0.1, 0.15) is 10.9 Å². The zero-order valence-corrected chi connectivity index (χ0v) is 15.8. The first kappa shape index (κ1) is 18.7. The van der Waals surface area contributed by atoms with Gasteiger partial charge in [-0.05, 0) is 23.8 Å². The molecule has 1 atom stereocenters. The van der Waals surface area contributed by atoms with E-state index >= 15 is 0 Å². The molecule has 29 heavy (non-hydrogen) atoms. The first-order chi connectivity index (χ1) is 13.9. The standard InChI is InChI=1S/C20H14ClN3O5/c1-29-20(28)16(10-5-3-2-4-6-10)24-19(27)14-15(18(26)23-24)22-13-9-11(21)7-8-12(13)17(14)25/h2-9,16H,1H3,(H,22,25)(H,23,26). The fourth-order valence-electron chi connectivity index (χ4n) is 3.29. The number of nitrogens with one attached hydrogen (secondary N) is 2. The van der Waals surface area contributed by atoms with Crippen LogP contribution in [-0.4, -0.2) is 27.8 Å². The summed E-state index contributed by atoms with van der Waals surface area (Å²) in [6.45, 7) is 0. The zero-order chi connectivity index (χ0) is 20.7. The van der Waals surface area contributed by atoms with Gasteiger partial charge >= 0.3 is 5.97 Å². The van der Waals surface area contributed by atoms with Gasteiger partial charge in [0.25, 0.3) is 11.1 Å². The van der Waals surface area contributed by atoms with Crippen LogP contribution in [0.15, 0.2) is 62.9 Å². The fourth-order valence-corrected chi connectivity index (χ4v) is 3.47. The van der Waals surface area contributed by atoms with Gasteiger partial charge in [-0.1, -0.05) is 41.9 Å². The molecule has 9 heteroatoms. The van der Waals surface area contributed by atoms with E-state index in [1.165, 1.54) is 25.3 Å². The number of ether oxygens (including phenoxy) is 1. The van der Waals surface area contributed by atoms with Crippen molar-refractivity contribution in [1.82, 2.24) is 14.8 Å². The van der Waals surface area contributed by atoms with Crippen molar-refractivity contribution in [2.24, 2.45) is 0 Å². The molecule has 2 aromatic heterocycles. The molecular formula is C20H14ClN3O5. The molecule has 0 amide bonds. The van der Waals surface area contributed by atoms with E-state index in [0.717, 1.165) is 4.68 Å². The Hall–Kier alpha value is -3.65. The molecule has 1 unspecified atom stereocenters. The number of aromatic nitrogens is 3. The number of carbonyl (C=O) groups is 1. The van der Waals surface area contributed by atoms with Crippen LogP contribution in [0.1, 0.15) is 11.6 Å². The van der Waals surface area contributed by atoms with E-state index < -0.39 is 28.6 Å². The highest BCUT2D eigenvalue weighted by atomic mass is 35.5. The van der Waals surface area contributed by atoms with E-state index in [-0.39, 0.29) is 16.3 Å². The Kier molecular flexibility index (Phi) is 4.56. The Morgan fingerprint density at radius 3 is 2.52 bits per heavy atom. The number of hydrogen-bond donors (Lipinski definition) is 2. The molecular weight excluding hydrogens is 398 g/mol. The molecule has 0 aliphatic carbocycles. The maximum atomic E-state index is 13.2. The Morgan fingerprint density at radius 2 is 1.83 bits per heavy atom. The summed E-state index contributed by atoms with van der Waals surface area (Å²) in [4.78, 5) is 54.1. The van der Waals surface area contributed by atoms with Gasteiger partial charge < -0.3 is 9.72 Å². The largest absolute Gasteiger partial charge is 0.467 e. The van der Waals surface area contributed by atoms with Gasteiger partial charge in [0.2, 0.25) is 5.43 Å². The van der Waals surface area contributed by atoms with Crippen LogP contribution < -0.4 is 16.5 Å². The van der Waals surface area contributed by atoms with E-state index in [9.17, 15) is 19.2 Å². The fraction of sp³-hybridized carbons (Fsp3) is 0.100. The third-order valence-corrected chi connectivity index (χ3v) is 4.88. The number of hydrogen-bond acceptors (Lipinski definition) is 5. The minimum absolute atomic E-state index is 0.192. The van der Waals surface area contributed by atoms with Crippen LogP contribution in [0, 0.1) is 0 Å². The normalized spacial score (nSPS) is 12.2. The number of nitrogens with zero attached hydrogens (tertiary/aromatic N) is 1. The average molecular weight is 412 g/mol. The summed E-state index contributed by atoms with van der Waals surface area (Å²) in [6.07, 6.45) is 0. The van der Waals surface area contributed by atoms with Crippen molar-refractivity contribution in [3.63, 3.8) is 0 Å². The summed E-state index contributed by atoms with van der Waals surface area (Å²) in [5, 5.41) is 2.60. The maximum absolute atomic E-state index is 13.2. The second kappa shape index (κ2) is 7.06. The van der Waals surface area contributed by atoms with Crippen LogP contribution in [0.4, 0.5) is 0 Å². The van der Waals surface area contributed by atoms with Crippen molar-refractivity contribution >= 4 is 39.4 Å². The molecule has 2 aromatic carbocycles. The quantitative estimate of drug-likeness (QED) is 0.395. The van der Waals surface area contributed by atoms with Gasteiger partial charge in [-0.2, -0.15) is 0 Å². The summed E-state index contributed by atoms with van der Waals surface area (Å²) >= 11 is 5.95. The highest BCUT2D eigenvalue weighted by Crippen LogP contribution is 2.19. The molecule has 0 bridgehead atoms. The van der Waals surface area contributed by atoms with Crippen LogP contribution in [0.3, 0.4) is 0 Å². The van der Waals surface area contributed by atoms with Crippen LogP contribution in [-0.2, 0) is 9.53 Å². The number of carbonyl (C=O) groups excluding carboxylic acids is 1. The topological polar surface area (TPSA) is 114 Å². The first-order valence-electron chi connectivity index (χ1n) is 8.55. The summed E-state index contributed by atoms with van der Waals surface area (Å²) < 4.78 is 5.64. The second-order valence-corrected chi connectivity index (χ2v) is 6.78. The summed E-state index contributed by atoms with van der Waals surface area (Å²) in [5.41, 5.74) is -1.64. The summed E-state index contributed by atoms with van der Waals surface area (Å²) in [5.74, 6) is -0.766. The predicted molar refractivity (Wildman–Crippen MR) is 109 cm³/mol. The third kappa shape index (κ3) is 3.03. The van der Waals surface area contributed by atoms with E-state index in [2.05, 4.69) is 10.1 Å². The molecule has 4 rings (SSSR count). The number of benzene rings is 2. The van der Waals surface area contributed by atoms with E-state index in [1.54, 1.807) is 30.3 Å². The molecule has 0 saturated heterocycles. The SMILES string of the molecule is COC(=O)C(c1ccccc1)n1[nH]c(=O)c2[nH]c3cc(Cl)ccc3c(=O)c2c1=O. The van der Waals surface area contributed by atoms with E-state index in [4.69, 9.17) is 16.3 Å². The molecule has 0 aliphatic heterocycles. The number of fused-ring (bicyclic) bond motifs is 2. The smallest absolute Gasteiger partial charge is 0.335 e. The monoisotopic (exact) mass is 411 g/mol. The van der Waals surface area contributed by atoms with Crippen LogP contribution >= 0.6 is 11.6 Å². The van der Waals surface area contributed by atoms with Gasteiger partial charge in [-0.25, -0.2) is 9.48 Å². The molecule has 0 fully saturated rings. The van der Waals surface area contributed by atoms with Gasteiger partial charge in [-0.15, -0.1) is 0 Å². The van der Waals surface area contributed by atoms with Crippen molar-refractivity contribution in [3.05, 3.63) is 90.0 Å². The van der Waals surface area contributed by atoms with Crippen molar-refractivity contribution in [2.45, 2.75) is 6.04 Å². The number of esters is 1. The van der Waals surface area contributed by atoms with Gasteiger partial charge in [0.15, 0.2) is 6.04 Å². The Labute approximate surface area is 167 Å². The lowest BCUT2D eigenvalue weighted by molar-refractivity contribution is -0.143.